The summed E-state index contributed by atoms with van der Waals surface area (Å²) in [6.07, 6.45) is 1.50. The monoisotopic (exact) mass is 330 g/mol. The second-order valence-electron chi connectivity index (χ2n) is 6.25. The zero-order valence-corrected chi connectivity index (χ0v) is 15.1. The highest BCUT2D eigenvalue weighted by atomic mass is 16.5. The summed E-state index contributed by atoms with van der Waals surface area (Å²) in [5, 5.41) is 1.37. The lowest BCUT2D eigenvalue weighted by atomic mass is 10.1. The Morgan fingerprint density at radius 3 is 2.46 bits per heavy atom. The smallest absolute Gasteiger partial charge is 0.273 e. The Morgan fingerprint density at radius 1 is 1.21 bits per heavy atom. The molecule has 1 N–H and O–H groups in total. The third kappa shape index (κ3) is 5.62. The molecule has 0 saturated heterocycles. The molecule has 2 amide bonds. The van der Waals surface area contributed by atoms with Crippen molar-refractivity contribution >= 4 is 11.8 Å². The molecule has 0 aliphatic carbocycles. The van der Waals surface area contributed by atoms with Crippen LogP contribution < -0.4 is 10.2 Å². The molecular weight excluding hydrogens is 304 g/mol. The normalized spacial score (nSPS) is 10.4. The fourth-order valence-corrected chi connectivity index (χ4v) is 2.09. The van der Waals surface area contributed by atoms with Gasteiger partial charge in [0.05, 0.1) is 18.2 Å². The molecule has 0 bridgehead atoms. The van der Waals surface area contributed by atoms with Crippen LogP contribution >= 0.6 is 0 Å². The highest BCUT2D eigenvalue weighted by Gasteiger charge is 2.28. The van der Waals surface area contributed by atoms with Gasteiger partial charge in [0.1, 0.15) is 5.75 Å². The summed E-state index contributed by atoms with van der Waals surface area (Å²) in [5.74, 6) is 5.80. The summed E-state index contributed by atoms with van der Waals surface area (Å²) < 4.78 is 5.20. The zero-order valence-electron chi connectivity index (χ0n) is 15.1. The van der Waals surface area contributed by atoms with Crippen molar-refractivity contribution in [3.63, 3.8) is 0 Å². The molecular formula is C19H26N2O3. The molecule has 0 aliphatic heterocycles. The third-order valence-electron chi connectivity index (χ3n) is 3.25. The van der Waals surface area contributed by atoms with Gasteiger partial charge >= 0.3 is 0 Å². The summed E-state index contributed by atoms with van der Waals surface area (Å²) in [7, 11) is 1.51. The molecule has 1 rings (SSSR count). The quantitative estimate of drug-likeness (QED) is 0.681. The van der Waals surface area contributed by atoms with Gasteiger partial charge in [0.25, 0.3) is 5.91 Å². The topological polar surface area (TPSA) is 58.6 Å². The van der Waals surface area contributed by atoms with Crippen molar-refractivity contribution < 1.29 is 14.3 Å². The first kappa shape index (κ1) is 19.6. The van der Waals surface area contributed by atoms with Crippen molar-refractivity contribution in [1.29, 1.82) is 0 Å². The van der Waals surface area contributed by atoms with Gasteiger partial charge in [-0.2, -0.15) is 0 Å². The molecule has 130 valence electrons. The number of carbonyl (C=O) groups is 2. The summed E-state index contributed by atoms with van der Waals surface area (Å²) in [6.45, 7) is 7.56. The number of hydrogen-bond acceptors (Lipinski definition) is 3. The standard InChI is InChI=1S/C19H26N2O3/c1-6-7-8-9-14-17(22)21(19(2,3)4)20-18(23)15-12-10-11-13-16(15)24-5/h10-13H,6,9,14H2,1-5H3,(H,20,23). The lowest BCUT2D eigenvalue weighted by Crippen LogP contribution is -2.55. The number of benzene rings is 1. The van der Waals surface area contributed by atoms with Crippen molar-refractivity contribution in [3.05, 3.63) is 29.8 Å². The van der Waals surface area contributed by atoms with Crippen LogP contribution in [-0.2, 0) is 4.79 Å². The Hall–Kier alpha value is -2.48. The van der Waals surface area contributed by atoms with Crippen LogP contribution in [0.3, 0.4) is 0 Å². The van der Waals surface area contributed by atoms with Gasteiger partial charge in [0.15, 0.2) is 0 Å². The molecule has 24 heavy (non-hydrogen) atoms. The zero-order chi connectivity index (χ0) is 18.2. The number of nitrogens with one attached hydrogen (secondary N) is 1. The minimum Gasteiger partial charge on any atom is -0.496 e. The molecule has 0 aromatic heterocycles. The first-order valence-electron chi connectivity index (χ1n) is 8.04. The summed E-state index contributed by atoms with van der Waals surface area (Å²) in [4.78, 5) is 25.0. The van der Waals surface area contributed by atoms with E-state index in [-0.39, 0.29) is 18.2 Å². The van der Waals surface area contributed by atoms with Crippen molar-refractivity contribution in [2.75, 3.05) is 7.11 Å². The Labute approximate surface area is 144 Å². The van der Waals surface area contributed by atoms with E-state index in [1.807, 2.05) is 27.7 Å². The van der Waals surface area contributed by atoms with Crippen molar-refractivity contribution in [3.8, 4) is 17.6 Å². The predicted octanol–water partition coefficient (Wildman–Crippen LogP) is 3.16. The summed E-state index contributed by atoms with van der Waals surface area (Å²) >= 11 is 0. The minimum atomic E-state index is -0.549. The molecule has 5 nitrogen and oxygen atoms in total. The largest absolute Gasteiger partial charge is 0.496 e. The van der Waals surface area contributed by atoms with Gasteiger partial charge in [-0.3, -0.25) is 15.0 Å². The van der Waals surface area contributed by atoms with E-state index >= 15 is 0 Å². The predicted molar refractivity (Wildman–Crippen MR) is 94.4 cm³/mol. The average molecular weight is 330 g/mol. The van der Waals surface area contributed by atoms with Crippen molar-refractivity contribution in [2.45, 2.75) is 52.5 Å². The number of ether oxygens (including phenoxy) is 1. The van der Waals surface area contributed by atoms with E-state index < -0.39 is 5.54 Å². The first-order chi connectivity index (χ1) is 11.3. The number of para-hydroxylation sites is 1. The molecule has 0 saturated carbocycles. The van der Waals surface area contributed by atoms with Crippen LogP contribution in [0.1, 0.15) is 57.3 Å². The van der Waals surface area contributed by atoms with Gasteiger partial charge < -0.3 is 4.74 Å². The highest BCUT2D eigenvalue weighted by molar-refractivity contribution is 5.98. The number of carbonyl (C=O) groups excluding carboxylic acids is 2. The van der Waals surface area contributed by atoms with Gasteiger partial charge in [-0.1, -0.05) is 19.1 Å². The fourth-order valence-electron chi connectivity index (χ4n) is 2.09. The van der Waals surface area contributed by atoms with Crippen LogP contribution in [0.4, 0.5) is 0 Å². The van der Waals surface area contributed by atoms with E-state index in [9.17, 15) is 9.59 Å². The van der Waals surface area contributed by atoms with E-state index in [4.69, 9.17) is 4.74 Å². The fraction of sp³-hybridized carbons (Fsp3) is 0.474. The molecule has 1 aromatic rings. The highest BCUT2D eigenvalue weighted by Crippen LogP contribution is 2.19. The van der Waals surface area contributed by atoms with E-state index in [1.165, 1.54) is 12.1 Å². The second-order valence-corrected chi connectivity index (χ2v) is 6.25. The van der Waals surface area contributed by atoms with Crippen LogP contribution in [0.15, 0.2) is 24.3 Å². The van der Waals surface area contributed by atoms with Crippen LogP contribution in [0, 0.1) is 11.8 Å². The molecule has 0 fully saturated rings. The number of methoxy groups -OCH3 is 1. The van der Waals surface area contributed by atoms with Gasteiger partial charge in [-0.05, 0) is 32.9 Å². The van der Waals surface area contributed by atoms with Gasteiger partial charge in [-0.15, -0.1) is 11.8 Å². The number of amides is 2. The van der Waals surface area contributed by atoms with Crippen molar-refractivity contribution in [1.82, 2.24) is 10.4 Å². The summed E-state index contributed by atoms with van der Waals surface area (Å²) in [6, 6.07) is 6.90. The maximum absolute atomic E-state index is 12.5. The van der Waals surface area contributed by atoms with Crippen LogP contribution in [0.25, 0.3) is 0 Å². The third-order valence-corrected chi connectivity index (χ3v) is 3.25. The molecule has 0 unspecified atom stereocenters. The van der Waals surface area contributed by atoms with Crippen LogP contribution in [0.5, 0.6) is 5.75 Å². The Bertz CT molecular complexity index is 636. The first-order valence-corrected chi connectivity index (χ1v) is 8.04. The number of hydrazine groups is 1. The lowest BCUT2D eigenvalue weighted by Gasteiger charge is -2.35. The van der Waals surface area contributed by atoms with E-state index in [1.54, 1.807) is 24.3 Å². The number of nitrogens with zero attached hydrogens (tertiary/aromatic N) is 1. The summed E-state index contributed by atoms with van der Waals surface area (Å²) in [5.41, 5.74) is 2.54. The average Bonchev–Trinajstić information content (AvgIpc) is 2.55. The van der Waals surface area contributed by atoms with Gasteiger partial charge in [-0.25, -0.2) is 5.01 Å². The van der Waals surface area contributed by atoms with E-state index in [0.717, 1.165) is 6.42 Å². The number of rotatable bonds is 4. The molecule has 0 atom stereocenters. The van der Waals surface area contributed by atoms with E-state index in [2.05, 4.69) is 17.3 Å². The Kier molecular flexibility index (Phi) is 7.31. The minimum absolute atomic E-state index is 0.170. The molecule has 0 heterocycles. The second kappa shape index (κ2) is 8.97. The molecule has 5 heteroatoms. The van der Waals surface area contributed by atoms with E-state index in [0.29, 0.717) is 17.7 Å². The van der Waals surface area contributed by atoms with Gasteiger partial charge in [0.2, 0.25) is 5.91 Å². The molecule has 0 spiro atoms. The number of hydrogen-bond donors (Lipinski definition) is 1. The lowest BCUT2D eigenvalue weighted by molar-refractivity contribution is -0.139. The SMILES string of the molecule is CCC#CCCC(=O)N(NC(=O)c1ccccc1OC)C(C)(C)C. The molecule has 0 aliphatic rings. The maximum Gasteiger partial charge on any atom is 0.273 e. The van der Waals surface area contributed by atoms with Crippen molar-refractivity contribution in [2.24, 2.45) is 0 Å². The molecule has 1 aromatic carbocycles. The van der Waals surface area contributed by atoms with Crippen LogP contribution in [0.2, 0.25) is 0 Å². The molecule has 0 radical (unpaired) electrons. The van der Waals surface area contributed by atoms with Crippen LogP contribution in [-0.4, -0.2) is 29.5 Å². The maximum atomic E-state index is 12.5. The van der Waals surface area contributed by atoms with Gasteiger partial charge in [0, 0.05) is 19.3 Å². The Morgan fingerprint density at radius 2 is 1.88 bits per heavy atom. The Balaban J connectivity index is 2.90.